The quantitative estimate of drug-likeness (QED) is 0.0636. The Morgan fingerprint density at radius 3 is 0.939 bits per heavy atom. The van der Waals surface area contributed by atoms with Gasteiger partial charge in [-0.15, -0.1) is 0 Å². The van der Waals surface area contributed by atoms with Crippen LogP contribution in [0.15, 0.2) is 0 Å². The predicted octanol–water partition coefficient (Wildman–Crippen LogP) is 8.57. The van der Waals surface area contributed by atoms with Gasteiger partial charge in [0.2, 0.25) is 0 Å². The molecule has 0 aromatic carbocycles. The summed E-state index contributed by atoms with van der Waals surface area (Å²) in [5.74, 6) is 0. The van der Waals surface area contributed by atoms with E-state index in [1.165, 1.54) is 77.0 Å². The molecular weight excluding hydrogens is 587 g/mol. The molecule has 196 valence electrons. The van der Waals surface area contributed by atoms with Gasteiger partial charge in [0.25, 0.3) is 0 Å². The van der Waals surface area contributed by atoms with Crippen LogP contribution in [0.3, 0.4) is 0 Å². The molecule has 0 spiro atoms. The van der Waals surface area contributed by atoms with Gasteiger partial charge in [0.15, 0.2) is 0 Å². The van der Waals surface area contributed by atoms with E-state index in [-0.39, 0.29) is 21.1 Å². The van der Waals surface area contributed by atoms with Gasteiger partial charge in [-0.2, -0.15) is 0 Å². The van der Waals surface area contributed by atoms with Crippen LogP contribution >= 0.6 is 24.4 Å². The van der Waals surface area contributed by atoms with Gasteiger partial charge in [-0.1, -0.05) is 62.0 Å². The third kappa shape index (κ3) is 33.0. The molecule has 0 heterocycles. The van der Waals surface area contributed by atoms with Crippen molar-refractivity contribution < 1.29 is 0 Å². The fourth-order valence-electron chi connectivity index (χ4n) is 2.71. The molecule has 2 nitrogen and oxygen atoms in total. The Hall–Kier alpha value is 1.02. The summed E-state index contributed by atoms with van der Waals surface area (Å²) in [4.78, 5) is 4.27. The van der Waals surface area contributed by atoms with Crippen LogP contribution in [-0.2, 0) is 25.3 Å². The van der Waals surface area contributed by atoms with E-state index in [2.05, 4.69) is 51.3 Å². The fourth-order valence-corrected chi connectivity index (χ4v) is 7.60. The molecule has 7 heteroatoms. The monoisotopic (exact) mass is 642 g/mol. The first-order valence-corrected chi connectivity index (χ1v) is 19.1. The second-order valence-electron chi connectivity index (χ2n) is 8.38. The first kappa shape index (κ1) is 38.5. The molecule has 0 saturated carbocycles. The molecule has 0 amide bonds. The minimum atomic E-state index is 0.149. The van der Waals surface area contributed by atoms with Crippen molar-refractivity contribution in [3.63, 3.8) is 0 Å². The van der Waals surface area contributed by atoms with Crippen molar-refractivity contribution in [3.8, 4) is 0 Å². The summed E-state index contributed by atoms with van der Waals surface area (Å²) in [5.41, 5.74) is 0. The van der Waals surface area contributed by atoms with Crippen LogP contribution in [0.5, 0.6) is 0 Å². The van der Waals surface area contributed by atoms with E-state index in [4.69, 9.17) is 49.7 Å². The van der Waals surface area contributed by atoms with Crippen molar-refractivity contribution in [1.82, 2.24) is 9.80 Å². The van der Waals surface area contributed by atoms with Crippen molar-refractivity contribution in [2.75, 3.05) is 26.2 Å². The van der Waals surface area contributed by atoms with E-state index in [1.54, 1.807) is 8.87 Å². The van der Waals surface area contributed by atoms with E-state index in [9.17, 15) is 0 Å². The van der Waals surface area contributed by atoms with Crippen molar-refractivity contribution in [1.29, 1.82) is 0 Å². The third-order valence-electron chi connectivity index (χ3n) is 5.06. The van der Waals surface area contributed by atoms with Crippen LogP contribution in [0.4, 0.5) is 0 Å². The number of hydrogen-bond acceptors (Lipinski definition) is 4. The standard InChI is InChI=1S/2C9H19NS2.2C4H9.Sn/c2*1-3-5-7-10(9(11)12)8-6-4-2;2*1-3-4-2;/h2*3-8H2,1-2H3,(H,11,12);2*1,3-4H2,2H3;/q;;;;+2/p-2. The molecule has 0 aliphatic carbocycles. The van der Waals surface area contributed by atoms with Gasteiger partial charge in [0.05, 0.1) is 0 Å². The molecule has 0 aromatic rings. The predicted molar refractivity (Wildman–Crippen MR) is 168 cm³/mol. The number of thiocarbonyl (C=S) groups is 2. The van der Waals surface area contributed by atoms with Gasteiger partial charge < -0.3 is 59.5 Å². The summed E-state index contributed by atoms with van der Waals surface area (Å²) in [6, 6.07) is 0. The van der Waals surface area contributed by atoms with E-state index in [1.807, 2.05) is 0 Å². The van der Waals surface area contributed by atoms with Gasteiger partial charge >= 0.3 is 69.5 Å². The SMILES string of the molecule is CCCCN(CCCC)C(=S)[S-].CCCCN(CCCC)C(=S)[S-].CCC[CH2][Sn+2][CH2]CCC. The number of nitrogens with zero attached hydrogens (tertiary/aromatic N) is 2. The van der Waals surface area contributed by atoms with E-state index in [0.717, 1.165) is 26.2 Å². The van der Waals surface area contributed by atoms with E-state index >= 15 is 0 Å². The second-order valence-corrected chi connectivity index (χ2v) is 14.7. The molecule has 0 unspecified atom stereocenters. The zero-order chi connectivity index (χ0) is 25.7. The molecule has 0 fully saturated rings. The van der Waals surface area contributed by atoms with Crippen molar-refractivity contribution >= 4 is 79.5 Å². The molecule has 0 aliphatic heterocycles. The van der Waals surface area contributed by atoms with Gasteiger partial charge in [0, 0.05) is 26.2 Å². The molecule has 0 N–H and O–H groups in total. The van der Waals surface area contributed by atoms with Crippen LogP contribution in [-0.4, -0.2) is 65.8 Å². The Labute approximate surface area is 241 Å². The molecule has 0 bridgehead atoms. The average molecular weight is 642 g/mol. The molecule has 0 aromatic heterocycles. The van der Waals surface area contributed by atoms with Crippen molar-refractivity contribution in [2.24, 2.45) is 0 Å². The molecule has 33 heavy (non-hydrogen) atoms. The summed E-state index contributed by atoms with van der Waals surface area (Å²) >= 11 is 20.1. The number of rotatable bonds is 18. The molecule has 0 saturated heterocycles. The first-order valence-electron chi connectivity index (χ1n) is 13.5. The molecule has 0 radical (unpaired) electrons. The topological polar surface area (TPSA) is 6.48 Å². The Balaban J connectivity index is -0.000000414. The maximum absolute atomic E-state index is 4.98. The van der Waals surface area contributed by atoms with Crippen molar-refractivity contribution in [3.05, 3.63) is 0 Å². The Bertz CT molecular complexity index is 360. The fraction of sp³-hybridized carbons (Fsp3) is 0.923. The molecule has 0 rings (SSSR count). The zero-order valence-corrected chi connectivity index (χ0v) is 28.9. The third-order valence-corrected chi connectivity index (χ3v) is 10.1. The summed E-state index contributed by atoms with van der Waals surface area (Å²) < 4.78 is 4.52. The number of unbranched alkanes of at least 4 members (excludes halogenated alkanes) is 6. The van der Waals surface area contributed by atoms with E-state index < -0.39 is 0 Å². The van der Waals surface area contributed by atoms with Gasteiger partial charge in [-0.05, 0) is 25.7 Å². The van der Waals surface area contributed by atoms with Crippen LogP contribution < -0.4 is 0 Å². The van der Waals surface area contributed by atoms with Crippen molar-refractivity contribution in [2.45, 2.75) is 127 Å². The average Bonchev–Trinajstić information content (AvgIpc) is 2.79. The normalized spacial score (nSPS) is 9.64. The van der Waals surface area contributed by atoms with Crippen LogP contribution in [0.1, 0.15) is 119 Å². The minimum absolute atomic E-state index is 0.149. The summed E-state index contributed by atoms with van der Waals surface area (Å²) in [6.45, 7) is 17.5. The Morgan fingerprint density at radius 2 is 0.758 bits per heavy atom. The van der Waals surface area contributed by atoms with Gasteiger partial charge in [0.1, 0.15) is 0 Å². The van der Waals surface area contributed by atoms with Crippen LogP contribution in [0.25, 0.3) is 0 Å². The van der Waals surface area contributed by atoms with E-state index in [0.29, 0.717) is 8.64 Å². The molecular formula is C26H54N2S4Sn. The first-order chi connectivity index (χ1) is 15.9. The number of hydrogen-bond donors (Lipinski definition) is 0. The second kappa shape index (κ2) is 33.0. The van der Waals surface area contributed by atoms with Crippen LogP contribution in [0.2, 0.25) is 8.87 Å². The van der Waals surface area contributed by atoms with Crippen LogP contribution in [0, 0.1) is 0 Å². The summed E-state index contributed by atoms with van der Waals surface area (Å²) in [5, 5.41) is 0. The Morgan fingerprint density at radius 1 is 0.515 bits per heavy atom. The summed E-state index contributed by atoms with van der Waals surface area (Å²) in [7, 11) is 0. The zero-order valence-electron chi connectivity index (χ0n) is 22.8. The van der Waals surface area contributed by atoms with Gasteiger partial charge in [-0.25, -0.2) is 0 Å². The molecule has 0 aliphatic rings. The Kier molecular flexibility index (Phi) is 38.6. The maximum atomic E-state index is 4.98. The molecule has 0 atom stereocenters. The van der Waals surface area contributed by atoms with Gasteiger partial charge in [-0.3, -0.25) is 0 Å². The summed E-state index contributed by atoms with van der Waals surface area (Å²) in [6.07, 6.45) is 15.5.